The van der Waals surface area contributed by atoms with Gasteiger partial charge in [-0.1, -0.05) is 28.1 Å². The SMILES string of the molecule is N#Cc1cc(C=CCBr)cc([N+](=O)[O-])c1. The number of hydrogen-bond acceptors (Lipinski definition) is 3. The van der Waals surface area contributed by atoms with Gasteiger partial charge in [-0.15, -0.1) is 0 Å². The fraction of sp³-hybridized carbons (Fsp3) is 0.100. The summed E-state index contributed by atoms with van der Waals surface area (Å²) in [7, 11) is 0. The first-order valence-corrected chi connectivity index (χ1v) is 5.21. The number of hydrogen-bond donors (Lipinski definition) is 0. The van der Waals surface area contributed by atoms with Crippen LogP contribution in [0.1, 0.15) is 11.1 Å². The number of nitriles is 1. The molecule has 0 saturated carbocycles. The minimum absolute atomic E-state index is 0.0664. The van der Waals surface area contributed by atoms with E-state index in [4.69, 9.17) is 5.26 Å². The van der Waals surface area contributed by atoms with Gasteiger partial charge in [0.25, 0.3) is 5.69 Å². The van der Waals surface area contributed by atoms with Crippen LogP contribution in [0.15, 0.2) is 24.3 Å². The summed E-state index contributed by atoms with van der Waals surface area (Å²) in [6.45, 7) is 0. The fourth-order valence-corrected chi connectivity index (χ4v) is 1.27. The second-order valence-corrected chi connectivity index (χ2v) is 3.39. The molecule has 0 atom stereocenters. The van der Waals surface area contributed by atoms with Gasteiger partial charge in [0.2, 0.25) is 0 Å². The lowest BCUT2D eigenvalue weighted by Gasteiger charge is -1.96. The largest absolute Gasteiger partial charge is 0.271 e. The Bertz CT molecular complexity index is 449. The van der Waals surface area contributed by atoms with E-state index in [2.05, 4.69) is 15.9 Å². The second kappa shape index (κ2) is 5.27. The van der Waals surface area contributed by atoms with E-state index in [1.54, 1.807) is 18.2 Å². The van der Waals surface area contributed by atoms with Gasteiger partial charge in [-0.3, -0.25) is 10.1 Å². The second-order valence-electron chi connectivity index (χ2n) is 2.74. The van der Waals surface area contributed by atoms with Gasteiger partial charge in [-0.05, 0) is 11.6 Å². The monoisotopic (exact) mass is 266 g/mol. The summed E-state index contributed by atoms with van der Waals surface area (Å²) in [6.07, 6.45) is 3.53. The molecule has 5 heteroatoms. The molecule has 1 aromatic rings. The van der Waals surface area contributed by atoms with Gasteiger partial charge in [-0.2, -0.15) is 5.26 Å². The van der Waals surface area contributed by atoms with Crippen LogP contribution in [0, 0.1) is 21.4 Å². The van der Waals surface area contributed by atoms with Crippen molar-refractivity contribution in [1.82, 2.24) is 0 Å². The van der Waals surface area contributed by atoms with Crippen molar-refractivity contribution in [1.29, 1.82) is 5.26 Å². The highest BCUT2D eigenvalue weighted by molar-refractivity contribution is 9.09. The molecule has 0 aliphatic heterocycles. The maximum Gasteiger partial charge on any atom is 0.271 e. The molecule has 0 N–H and O–H groups in total. The zero-order valence-corrected chi connectivity index (χ0v) is 9.27. The van der Waals surface area contributed by atoms with Crippen molar-refractivity contribution in [2.45, 2.75) is 0 Å². The van der Waals surface area contributed by atoms with Crippen LogP contribution in [-0.2, 0) is 0 Å². The van der Waals surface area contributed by atoms with E-state index < -0.39 is 4.92 Å². The summed E-state index contributed by atoms with van der Waals surface area (Å²) in [6, 6.07) is 6.18. The molecule has 0 amide bonds. The smallest absolute Gasteiger partial charge is 0.258 e. The molecule has 0 spiro atoms. The van der Waals surface area contributed by atoms with E-state index in [0.717, 1.165) is 0 Å². The van der Waals surface area contributed by atoms with Crippen LogP contribution in [-0.4, -0.2) is 10.3 Å². The van der Waals surface area contributed by atoms with Crippen LogP contribution in [0.5, 0.6) is 0 Å². The van der Waals surface area contributed by atoms with Gasteiger partial charge in [0.1, 0.15) is 0 Å². The Kier molecular flexibility index (Phi) is 4.01. The Hall–Kier alpha value is -1.67. The molecular formula is C10H7BrN2O2. The predicted octanol–water partition coefficient (Wildman–Crippen LogP) is 2.87. The van der Waals surface area contributed by atoms with Gasteiger partial charge < -0.3 is 0 Å². The van der Waals surface area contributed by atoms with E-state index in [1.165, 1.54) is 12.1 Å². The van der Waals surface area contributed by atoms with Crippen LogP contribution in [0.2, 0.25) is 0 Å². The van der Waals surface area contributed by atoms with Crippen molar-refractivity contribution in [2.24, 2.45) is 0 Å². The van der Waals surface area contributed by atoms with E-state index in [-0.39, 0.29) is 5.69 Å². The van der Waals surface area contributed by atoms with Gasteiger partial charge in [0.05, 0.1) is 16.6 Å². The Labute approximate surface area is 95.1 Å². The van der Waals surface area contributed by atoms with Gasteiger partial charge >= 0.3 is 0 Å². The number of alkyl halides is 1. The summed E-state index contributed by atoms with van der Waals surface area (Å²) in [5, 5.41) is 19.9. The Morgan fingerprint density at radius 2 is 2.27 bits per heavy atom. The molecule has 15 heavy (non-hydrogen) atoms. The maximum atomic E-state index is 10.6. The van der Waals surface area contributed by atoms with Crippen LogP contribution >= 0.6 is 15.9 Å². The maximum absolute atomic E-state index is 10.6. The van der Waals surface area contributed by atoms with Gasteiger partial charge in [0, 0.05) is 17.5 Å². The average molecular weight is 267 g/mol. The highest BCUT2D eigenvalue weighted by Crippen LogP contribution is 2.17. The third-order valence-electron chi connectivity index (χ3n) is 1.68. The minimum Gasteiger partial charge on any atom is -0.258 e. The summed E-state index contributed by atoms with van der Waals surface area (Å²) in [4.78, 5) is 10.1. The molecule has 0 bridgehead atoms. The molecule has 0 unspecified atom stereocenters. The first-order chi connectivity index (χ1) is 7.17. The van der Waals surface area contributed by atoms with Crippen LogP contribution < -0.4 is 0 Å². The van der Waals surface area contributed by atoms with E-state index >= 15 is 0 Å². The number of allylic oxidation sites excluding steroid dienone is 1. The summed E-state index contributed by atoms with van der Waals surface area (Å²) in [5.41, 5.74) is 0.877. The highest BCUT2D eigenvalue weighted by atomic mass is 79.9. The molecule has 0 aromatic heterocycles. The van der Waals surface area contributed by atoms with Crippen LogP contribution in [0.3, 0.4) is 0 Å². The number of nitrogens with zero attached hydrogens (tertiary/aromatic N) is 2. The van der Waals surface area contributed by atoms with Crippen molar-refractivity contribution in [2.75, 3.05) is 5.33 Å². The first-order valence-electron chi connectivity index (χ1n) is 4.09. The molecule has 0 fully saturated rings. The van der Waals surface area contributed by atoms with Crippen molar-refractivity contribution in [3.8, 4) is 6.07 Å². The van der Waals surface area contributed by atoms with Crippen molar-refractivity contribution < 1.29 is 4.92 Å². The average Bonchev–Trinajstić information content (AvgIpc) is 2.25. The molecule has 0 heterocycles. The quantitative estimate of drug-likeness (QED) is 0.480. The van der Waals surface area contributed by atoms with Crippen LogP contribution in [0.25, 0.3) is 6.08 Å². The molecule has 0 aliphatic carbocycles. The standard InChI is InChI=1S/C10H7BrN2O2/c11-3-1-2-8-4-9(7-12)6-10(5-8)13(14)15/h1-2,4-6H,3H2. The summed E-state index contributed by atoms with van der Waals surface area (Å²) in [5.74, 6) is 0. The molecule has 4 nitrogen and oxygen atoms in total. The number of halogens is 1. The topological polar surface area (TPSA) is 66.9 Å². The number of nitro groups is 1. The third-order valence-corrected chi connectivity index (χ3v) is 2.05. The van der Waals surface area contributed by atoms with Crippen molar-refractivity contribution in [3.05, 3.63) is 45.5 Å². The molecule has 0 aliphatic rings. The van der Waals surface area contributed by atoms with E-state index in [1.807, 2.05) is 6.07 Å². The predicted molar refractivity (Wildman–Crippen MR) is 60.6 cm³/mol. The summed E-state index contributed by atoms with van der Waals surface area (Å²) < 4.78 is 0. The lowest BCUT2D eigenvalue weighted by atomic mass is 10.1. The zero-order valence-electron chi connectivity index (χ0n) is 7.68. The van der Waals surface area contributed by atoms with Crippen molar-refractivity contribution in [3.63, 3.8) is 0 Å². The minimum atomic E-state index is -0.508. The molecule has 1 rings (SSSR count). The normalized spacial score (nSPS) is 10.1. The highest BCUT2D eigenvalue weighted by Gasteiger charge is 2.07. The Morgan fingerprint density at radius 1 is 1.53 bits per heavy atom. The molecule has 0 saturated heterocycles. The van der Waals surface area contributed by atoms with Gasteiger partial charge in [-0.25, -0.2) is 0 Å². The number of non-ortho nitro benzene ring substituents is 1. The first kappa shape index (κ1) is 11.4. The Morgan fingerprint density at radius 3 is 2.80 bits per heavy atom. The van der Waals surface area contributed by atoms with Crippen molar-refractivity contribution >= 4 is 27.7 Å². The molecule has 76 valence electrons. The Balaban J connectivity index is 3.18. The van der Waals surface area contributed by atoms with Gasteiger partial charge in [0.15, 0.2) is 0 Å². The number of rotatable bonds is 3. The van der Waals surface area contributed by atoms with Crippen LogP contribution in [0.4, 0.5) is 5.69 Å². The molecule has 0 radical (unpaired) electrons. The lowest BCUT2D eigenvalue weighted by molar-refractivity contribution is -0.384. The molecular weight excluding hydrogens is 260 g/mol. The third kappa shape index (κ3) is 3.18. The lowest BCUT2D eigenvalue weighted by Crippen LogP contribution is -1.90. The summed E-state index contributed by atoms with van der Waals surface area (Å²) >= 11 is 3.20. The van der Waals surface area contributed by atoms with E-state index in [9.17, 15) is 10.1 Å². The molecule has 1 aromatic carbocycles. The number of benzene rings is 1. The number of nitro benzene ring substituents is 1. The zero-order chi connectivity index (χ0) is 11.3. The fourth-order valence-electron chi connectivity index (χ4n) is 1.08. The van der Waals surface area contributed by atoms with E-state index in [0.29, 0.717) is 16.5 Å².